The van der Waals surface area contributed by atoms with Gasteiger partial charge in [-0.05, 0) is 71.0 Å². The first-order valence-electron chi connectivity index (χ1n) is 14.1. The predicted molar refractivity (Wildman–Crippen MR) is 149 cm³/mol. The first kappa shape index (κ1) is 32.2. The number of aromatic hydroxyl groups is 2. The van der Waals surface area contributed by atoms with Gasteiger partial charge < -0.3 is 15.3 Å². The fourth-order valence-electron chi connectivity index (χ4n) is 5.55. The van der Waals surface area contributed by atoms with Crippen molar-refractivity contribution in [2.45, 2.75) is 95.1 Å². The van der Waals surface area contributed by atoms with Crippen molar-refractivity contribution >= 4 is 16.7 Å². The number of phenolic OH excluding ortho intramolecular Hbond substituents is 2. The molecule has 1 unspecified atom stereocenters. The highest BCUT2D eigenvalue weighted by molar-refractivity contribution is 5.99. The monoisotopic (exact) mass is 580 g/mol. The van der Waals surface area contributed by atoms with Gasteiger partial charge in [0.1, 0.15) is 11.5 Å². The van der Waals surface area contributed by atoms with Gasteiger partial charge in [-0.15, -0.1) is 0 Å². The molecule has 3 aromatic carbocycles. The fraction of sp³-hybridized carbons (Fsp3) is 0.469. The number of carbonyl (C=O) groups is 1. The van der Waals surface area contributed by atoms with E-state index in [-0.39, 0.29) is 17.9 Å². The summed E-state index contributed by atoms with van der Waals surface area (Å²) in [5, 5.41) is 31.6. The molecule has 0 amide bonds. The quantitative estimate of drug-likeness (QED) is 0.124. The molecule has 0 fully saturated rings. The molecule has 0 heterocycles. The summed E-state index contributed by atoms with van der Waals surface area (Å²) in [6.07, 6.45) is -2.15. The van der Waals surface area contributed by atoms with E-state index in [1.54, 1.807) is 30.3 Å². The molecular weight excluding hydrogens is 543 g/mol. The molecule has 9 heteroatoms. The van der Waals surface area contributed by atoms with Gasteiger partial charge in [-0.25, -0.2) is 0 Å². The second-order valence-corrected chi connectivity index (χ2v) is 10.8. The SMILES string of the molecule is CCCCCCCCCC(CCCC(F)(F)C(F)(F)F)(C(=O)O)c1c(-c2ccc(O)cc2)ccc2cc(O)ccc12. The van der Waals surface area contributed by atoms with Crippen LogP contribution in [0.5, 0.6) is 11.5 Å². The van der Waals surface area contributed by atoms with Gasteiger partial charge in [-0.3, -0.25) is 4.79 Å². The second-order valence-electron chi connectivity index (χ2n) is 10.8. The number of rotatable bonds is 15. The molecule has 3 N–H and O–H groups in total. The van der Waals surface area contributed by atoms with Gasteiger partial charge in [-0.2, -0.15) is 22.0 Å². The molecule has 1 atom stereocenters. The molecule has 0 saturated carbocycles. The Morgan fingerprint density at radius 2 is 1.29 bits per heavy atom. The number of alkyl halides is 5. The summed E-state index contributed by atoms with van der Waals surface area (Å²) in [4.78, 5) is 13.2. The van der Waals surface area contributed by atoms with Crippen LogP contribution in [0, 0.1) is 0 Å². The van der Waals surface area contributed by atoms with Crippen LogP contribution < -0.4 is 0 Å². The van der Waals surface area contributed by atoms with Crippen LogP contribution in [-0.4, -0.2) is 33.4 Å². The summed E-state index contributed by atoms with van der Waals surface area (Å²) in [6.45, 7) is 2.10. The van der Waals surface area contributed by atoms with E-state index >= 15 is 0 Å². The number of phenols is 2. The molecule has 0 bridgehead atoms. The van der Waals surface area contributed by atoms with Gasteiger partial charge >= 0.3 is 18.1 Å². The Kier molecular flexibility index (Phi) is 10.6. The van der Waals surface area contributed by atoms with E-state index < -0.39 is 42.7 Å². The minimum Gasteiger partial charge on any atom is -0.508 e. The number of carboxylic acid groups (broad SMARTS) is 1. The number of halogens is 5. The molecule has 0 aliphatic heterocycles. The van der Waals surface area contributed by atoms with Crippen LogP contribution in [0.15, 0.2) is 54.6 Å². The second kappa shape index (κ2) is 13.5. The van der Waals surface area contributed by atoms with Crippen molar-refractivity contribution in [3.8, 4) is 22.6 Å². The van der Waals surface area contributed by atoms with Crippen LogP contribution in [0.3, 0.4) is 0 Å². The van der Waals surface area contributed by atoms with Crippen LogP contribution in [0.2, 0.25) is 0 Å². The maximum atomic E-state index is 13.9. The molecule has 0 aromatic heterocycles. The maximum absolute atomic E-state index is 13.9. The Bertz CT molecular complexity index is 1300. The molecule has 3 aromatic rings. The molecule has 224 valence electrons. The largest absolute Gasteiger partial charge is 0.508 e. The standard InChI is InChI=1S/C32H37F5O4/c1-2-3-4-5-6-7-8-18-30(29(40)41,19-9-20-31(33,34)32(35,36)37)28-26(22-10-13-24(38)14-11-22)16-12-23-21-25(39)15-17-27(23)28/h10-17,21,38-39H,2-9,18-20H2,1H3,(H,40,41). The first-order valence-corrected chi connectivity index (χ1v) is 14.1. The summed E-state index contributed by atoms with van der Waals surface area (Å²) in [5.74, 6) is -6.32. The third kappa shape index (κ3) is 7.68. The molecular formula is C32H37F5O4. The van der Waals surface area contributed by atoms with Crippen molar-refractivity contribution in [2.75, 3.05) is 0 Å². The fourth-order valence-corrected chi connectivity index (χ4v) is 5.55. The van der Waals surface area contributed by atoms with E-state index in [4.69, 9.17) is 0 Å². The number of hydrogen-bond donors (Lipinski definition) is 3. The van der Waals surface area contributed by atoms with E-state index in [0.717, 1.165) is 32.1 Å². The van der Waals surface area contributed by atoms with E-state index in [9.17, 15) is 42.1 Å². The van der Waals surface area contributed by atoms with Crippen LogP contribution in [0.1, 0.15) is 83.1 Å². The first-order chi connectivity index (χ1) is 19.3. The lowest BCUT2D eigenvalue weighted by Gasteiger charge is -2.34. The Labute approximate surface area is 236 Å². The zero-order chi connectivity index (χ0) is 30.3. The number of hydrogen-bond acceptors (Lipinski definition) is 3. The summed E-state index contributed by atoms with van der Waals surface area (Å²) in [7, 11) is 0. The summed E-state index contributed by atoms with van der Waals surface area (Å²) in [5.41, 5.74) is -0.460. The highest BCUT2D eigenvalue weighted by Crippen LogP contribution is 2.47. The lowest BCUT2D eigenvalue weighted by atomic mass is 9.68. The average molecular weight is 581 g/mol. The molecule has 0 spiro atoms. The van der Waals surface area contributed by atoms with E-state index in [0.29, 0.717) is 40.3 Å². The predicted octanol–water partition coefficient (Wildman–Crippen LogP) is 9.75. The van der Waals surface area contributed by atoms with Gasteiger partial charge in [0, 0.05) is 6.42 Å². The van der Waals surface area contributed by atoms with E-state index in [1.165, 1.54) is 24.3 Å². The zero-order valence-electron chi connectivity index (χ0n) is 23.1. The van der Waals surface area contributed by atoms with E-state index in [2.05, 4.69) is 6.92 Å². The topological polar surface area (TPSA) is 77.8 Å². The number of fused-ring (bicyclic) bond motifs is 1. The van der Waals surface area contributed by atoms with Crippen molar-refractivity contribution in [3.05, 3.63) is 60.2 Å². The molecule has 4 nitrogen and oxygen atoms in total. The van der Waals surface area contributed by atoms with Crippen molar-refractivity contribution in [3.63, 3.8) is 0 Å². The molecule has 3 rings (SSSR count). The Morgan fingerprint density at radius 3 is 1.90 bits per heavy atom. The Hall–Kier alpha value is -3.36. The molecule has 0 radical (unpaired) electrons. The lowest BCUT2D eigenvalue weighted by Crippen LogP contribution is -2.39. The number of unbranched alkanes of at least 4 members (excludes halogenated alkanes) is 6. The van der Waals surface area contributed by atoms with Crippen molar-refractivity contribution in [2.24, 2.45) is 0 Å². The van der Waals surface area contributed by atoms with Crippen molar-refractivity contribution in [1.29, 1.82) is 0 Å². The highest BCUT2D eigenvalue weighted by Gasteiger charge is 2.57. The number of aliphatic carboxylic acids is 1. The molecule has 0 aliphatic rings. The van der Waals surface area contributed by atoms with Crippen LogP contribution in [0.4, 0.5) is 22.0 Å². The van der Waals surface area contributed by atoms with Gasteiger partial charge in [0.2, 0.25) is 0 Å². The highest BCUT2D eigenvalue weighted by atomic mass is 19.4. The molecule has 0 aliphatic carbocycles. The molecule has 41 heavy (non-hydrogen) atoms. The van der Waals surface area contributed by atoms with Crippen LogP contribution in [-0.2, 0) is 10.2 Å². The van der Waals surface area contributed by atoms with Gasteiger partial charge in [0.25, 0.3) is 0 Å². The van der Waals surface area contributed by atoms with Gasteiger partial charge in [0.15, 0.2) is 0 Å². The Morgan fingerprint density at radius 1 is 0.707 bits per heavy atom. The average Bonchev–Trinajstić information content (AvgIpc) is 2.90. The van der Waals surface area contributed by atoms with E-state index in [1.807, 2.05) is 0 Å². The zero-order valence-corrected chi connectivity index (χ0v) is 23.1. The number of benzene rings is 3. The minimum absolute atomic E-state index is 0.0111. The lowest BCUT2D eigenvalue weighted by molar-refractivity contribution is -0.284. The summed E-state index contributed by atoms with van der Waals surface area (Å²) < 4.78 is 66.7. The minimum atomic E-state index is -5.73. The molecule has 0 saturated heterocycles. The van der Waals surface area contributed by atoms with Gasteiger partial charge in [0.05, 0.1) is 5.41 Å². The third-order valence-corrected chi connectivity index (χ3v) is 7.79. The Balaban J connectivity index is 2.14. The van der Waals surface area contributed by atoms with Crippen molar-refractivity contribution in [1.82, 2.24) is 0 Å². The normalized spacial score (nSPS) is 13.8. The maximum Gasteiger partial charge on any atom is 0.453 e. The van der Waals surface area contributed by atoms with Gasteiger partial charge in [-0.1, -0.05) is 82.2 Å². The number of carboxylic acids is 1. The summed E-state index contributed by atoms with van der Waals surface area (Å²) in [6, 6.07) is 13.8. The van der Waals surface area contributed by atoms with Crippen LogP contribution in [0.25, 0.3) is 21.9 Å². The summed E-state index contributed by atoms with van der Waals surface area (Å²) >= 11 is 0. The third-order valence-electron chi connectivity index (χ3n) is 7.79. The van der Waals surface area contributed by atoms with Crippen molar-refractivity contribution < 1.29 is 42.1 Å². The smallest absolute Gasteiger partial charge is 0.453 e. The van der Waals surface area contributed by atoms with Crippen LogP contribution >= 0.6 is 0 Å².